The number of halogens is 4. The van der Waals surface area contributed by atoms with Gasteiger partial charge in [-0.1, -0.05) is 11.6 Å². The van der Waals surface area contributed by atoms with Crippen molar-refractivity contribution in [3.05, 3.63) is 52.8 Å². The van der Waals surface area contributed by atoms with Gasteiger partial charge in [0.2, 0.25) is 0 Å². The van der Waals surface area contributed by atoms with Gasteiger partial charge in [-0.2, -0.15) is 13.2 Å². The highest BCUT2D eigenvalue weighted by Gasteiger charge is 2.33. The van der Waals surface area contributed by atoms with E-state index in [1.807, 2.05) is 6.07 Å². The predicted octanol–water partition coefficient (Wildman–Crippen LogP) is 4.30. The van der Waals surface area contributed by atoms with Gasteiger partial charge in [-0.05, 0) is 29.8 Å². The van der Waals surface area contributed by atoms with E-state index in [1.54, 1.807) is 12.4 Å². The van der Waals surface area contributed by atoms with Crippen molar-refractivity contribution >= 4 is 17.3 Å². The largest absolute Gasteiger partial charge is 0.417 e. The Labute approximate surface area is 107 Å². The van der Waals surface area contributed by atoms with Crippen LogP contribution < -0.4 is 5.32 Å². The van der Waals surface area contributed by atoms with Gasteiger partial charge >= 0.3 is 6.18 Å². The van der Waals surface area contributed by atoms with Crippen molar-refractivity contribution in [2.75, 3.05) is 5.32 Å². The number of aromatic nitrogens is 1. The van der Waals surface area contributed by atoms with Crippen LogP contribution in [-0.4, -0.2) is 4.98 Å². The second-order valence-corrected chi connectivity index (χ2v) is 4.17. The molecule has 2 rings (SSSR count). The Balaban J connectivity index is 2.15. The quantitative estimate of drug-likeness (QED) is 0.858. The Morgan fingerprint density at radius 2 is 2.00 bits per heavy atom. The van der Waals surface area contributed by atoms with Gasteiger partial charge in [-0.3, -0.25) is 0 Å². The molecule has 0 bridgehead atoms. The first kappa shape index (κ1) is 12.8. The Hall–Kier alpha value is -1.62. The lowest BCUT2D eigenvalue weighted by Crippen LogP contribution is -2.07. The average Bonchev–Trinajstić information content (AvgIpc) is 2.79. The summed E-state index contributed by atoms with van der Waals surface area (Å²) in [6, 6.07) is 5.61. The molecule has 0 aliphatic rings. The number of aromatic amines is 1. The summed E-state index contributed by atoms with van der Waals surface area (Å²) in [6.45, 7) is 0.447. The second-order valence-electron chi connectivity index (χ2n) is 3.77. The lowest BCUT2D eigenvalue weighted by Gasteiger charge is -2.12. The molecule has 0 atom stereocenters. The molecule has 0 unspecified atom stereocenters. The Morgan fingerprint density at radius 1 is 1.22 bits per heavy atom. The maximum atomic E-state index is 12.6. The van der Waals surface area contributed by atoms with E-state index in [0.717, 1.165) is 11.6 Å². The average molecular weight is 275 g/mol. The summed E-state index contributed by atoms with van der Waals surface area (Å²) in [5.41, 5.74) is 0.509. The highest BCUT2D eigenvalue weighted by molar-refractivity contribution is 6.31. The molecule has 0 spiro atoms. The Kier molecular flexibility index (Phi) is 3.52. The number of alkyl halides is 3. The number of nitrogens with one attached hydrogen (secondary N) is 2. The molecule has 1 aromatic heterocycles. The molecule has 0 fully saturated rings. The third kappa shape index (κ3) is 2.98. The fraction of sp³-hybridized carbons (Fsp3) is 0.167. The number of H-pyrrole nitrogens is 1. The van der Waals surface area contributed by atoms with Gasteiger partial charge in [0.15, 0.2) is 0 Å². The zero-order valence-corrected chi connectivity index (χ0v) is 9.94. The van der Waals surface area contributed by atoms with Crippen molar-refractivity contribution in [2.24, 2.45) is 0 Å². The first-order valence-corrected chi connectivity index (χ1v) is 5.57. The number of anilines is 1. The van der Waals surface area contributed by atoms with Crippen molar-refractivity contribution < 1.29 is 13.2 Å². The summed E-state index contributed by atoms with van der Waals surface area (Å²) in [5.74, 6) is 0. The van der Waals surface area contributed by atoms with Crippen LogP contribution in [0.25, 0.3) is 0 Å². The minimum absolute atomic E-state index is 0.297. The van der Waals surface area contributed by atoms with Crippen LogP contribution in [0, 0.1) is 0 Å². The van der Waals surface area contributed by atoms with Crippen molar-refractivity contribution in [3.8, 4) is 0 Å². The van der Waals surface area contributed by atoms with Crippen LogP contribution in [0.2, 0.25) is 5.02 Å². The van der Waals surface area contributed by atoms with E-state index in [2.05, 4.69) is 10.3 Å². The third-order valence-electron chi connectivity index (χ3n) is 2.43. The molecule has 2 aromatic rings. The standard InChI is InChI=1S/C12H10ClF3N2/c13-11-2-1-9(5-10(11)12(14,15)16)18-7-8-3-4-17-6-8/h1-6,17-18H,7H2. The van der Waals surface area contributed by atoms with Gasteiger partial charge < -0.3 is 10.3 Å². The highest BCUT2D eigenvalue weighted by atomic mass is 35.5. The number of hydrogen-bond acceptors (Lipinski definition) is 1. The maximum absolute atomic E-state index is 12.6. The lowest BCUT2D eigenvalue weighted by atomic mass is 10.2. The van der Waals surface area contributed by atoms with Crippen molar-refractivity contribution in [2.45, 2.75) is 12.7 Å². The van der Waals surface area contributed by atoms with E-state index < -0.39 is 11.7 Å². The van der Waals surface area contributed by atoms with Crippen molar-refractivity contribution in [3.63, 3.8) is 0 Å². The fourth-order valence-electron chi connectivity index (χ4n) is 1.52. The van der Waals surface area contributed by atoms with Gasteiger partial charge in [0, 0.05) is 24.6 Å². The minimum Gasteiger partial charge on any atom is -0.381 e. The SMILES string of the molecule is FC(F)(F)c1cc(NCc2cc[nH]c2)ccc1Cl. The molecule has 1 aromatic carbocycles. The van der Waals surface area contributed by atoms with Crippen LogP contribution >= 0.6 is 11.6 Å². The zero-order chi connectivity index (χ0) is 13.2. The molecule has 0 radical (unpaired) electrons. The second kappa shape index (κ2) is 4.94. The molecular weight excluding hydrogens is 265 g/mol. The van der Waals surface area contributed by atoms with E-state index in [1.165, 1.54) is 12.1 Å². The summed E-state index contributed by atoms with van der Waals surface area (Å²) in [6.07, 6.45) is -0.920. The lowest BCUT2D eigenvalue weighted by molar-refractivity contribution is -0.137. The van der Waals surface area contributed by atoms with Gasteiger partial charge in [-0.15, -0.1) is 0 Å². The molecule has 0 saturated carbocycles. The van der Waals surface area contributed by atoms with Crippen molar-refractivity contribution in [1.82, 2.24) is 4.98 Å². The normalized spacial score (nSPS) is 11.6. The Morgan fingerprint density at radius 3 is 2.61 bits per heavy atom. The summed E-state index contributed by atoms with van der Waals surface area (Å²) in [5, 5.41) is 2.61. The monoisotopic (exact) mass is 274 g/mol. The van der Waals surface area contributed by atoms with Gasteiger partial charge in [-0.25, -0.2) is 0 Å². The van der Waals surface area contributed by atoms with E-state index in [-0.39, 0.29) is 5.02 Å². The smallest absolute Gasteiger partial charge is 0.381 e. The molecule has 0 saturated heterocycles. The number of benzene rings is 1. The Bertz CT molecular complexity index is 521. The summed E-state index contributed by atoms with van der Waals surface area (Å²) in [4.78, 5) is 2.87. The van der Waals surface area contributed by atoms with E-state index >= 15 is 0 Å². The number of rotatable bonds is 3. The van der Waals surface area contributed by atoms with E-state index in [9.17, 15) is 13.2 Å². The third-order valence-corrected chi connectivity index (χ3v) is 2.76. The highest BCUT2D eigenvalue weighted by Crippen LogP contribution is 2.36. The van der Waals surface area contributed by atoms with Crippen LogP contribution in [0.4, 0.5) is 18.9 Å². The molecule has 0 aliphatic carbocycles. The molecule has 0 aliphatic heterocycles. The minimum atomic E-state index is -4.44. The van der Waals surface area contributed by atoms with Crippen molar-refractivity contribution in [1.29, 1.82) is 0 Å². The van der Waals surface area contributed by atoms with Gasteiger partial charge in [0.05, 0.1) is 10.6 Å². The van der Waals surface area contributed by atoms with Crippen LogP contribution in [0.1, 0.15) is 11.1 Å². The van der Waals surface area contributed by atoms with Crippen LogP contribution in [0.3, 0.4) is 0 Å². The molecule has 96 valence electrons. The summed E-state index contributed by atoms with van der Waals surface area (Å²) >= 11 is 5.53. The van der Waals surface area contributed by atoms with Crippen LogP contribution in [-0.2, 0) is 12.7 Å². The number of hydrogen-bond donors (Lipinski definition) is 2. The molecule has 6 heteroatoms. The first-order chi connectivity index (χ1) is 8.47. The fourth-order valence-corrected chi connectivity index (χ4v) is 1.75. The molecule has 2 nitrogen and oxygen atoms in total. The molecular formula is C12H10ClF3N2. The molecule has 2 N–H and O–H groups in total. The van der Waals surface area contributed by atoms with Crippen LogP contribution in [0.5, 0.6) is 0 Å². The topological polar surface area (TPSA) is 27.8 Å². The predicted molar refractivity (Wildman–Crippen MR) is 64.6 cm³/mol. The molecule has 18 heavy (non-hydrogen) atoms. The molecule has 1 heterocycles. The van der Waals surface area contributed by atoms with Gasteiger partial charge in [0.25, 0.3) is 0 Å². The zero-order valence-electron chi connectivity index (χ0n) is 9.18. The van der Waals surface area contributed by atoms with Gasteiger partial charge in [0.1, 0.15) is 0 Å². The summed E-state index contributed by atoms with van der Waals surface area (Å²) in [7, 11) is 0. The maximum Gasteiger partial charge on any atom is 0.417 e. The van der Waals surface area contributed by atoms with E-state index in [4.69, 9.17) is 11.6 Å². The first-order valence-electron chi connectivity index (χ1n) is 5.19. The summed E-state index contributed by atoms with van der Waals surface area (Å²) < 4.78 is 37.9. The molecule has 0 amide bonds. The van der Waals surface area contributed by atoms with E-state index in [0.29, 0.717) is 12.2 Å². The van der Waals surface area contributed by atoms with Crippen LogP contribution in [0.15, 0.2) is 36.7 Å².